The summed E-state index contributed by atoms with van der Waals surface area (Å²) in [7, 11) is 0. The zero-order valence-electron chi connectivity index (χ0n) is 9.59. The second-order valence-corrected chi connectivity index (χ2v) is 3.66. The average Bonchev–Trinajstić information content (AvgIpc) is 2.82. The van der Waals surface area contributed by atoms with Crippen LogP contribution in [0.5, 0.6) is 0 Å². The largest absolute Gasteiger partial charge is 0.478 e. The second kappa shape index (κ2) is 4.65. The Labute approximate surface area is 109 Å². The van der Waals surface area contributed by atoms with Crippen molar-refractivity contribution in [2.24, 2.45) is 0 Å². The van der Waals surface area contributed by atoms with Gasteiger partial charge in [0.15, 0.2) is 11.4 Å². The first-order chi connectivity index (χ1) is 9.34. The monoisotopic (exact) mass is 282 g/mol. The molecule has 0 unspecified atom stereocenters. The SMILES string of the molecule is N#Cc1nnn(-c2ccc(C(=O)O)cc2)c1C(F)(F)F. The molecule has 2 aromatic rings. The Bertz CT molecular complexity index is 698. The van der Waals surface area contributed by atoms with Gasteiger partial charge in [0, 0.05) is 0 Å². The van der Waals surface area contributed by atoms with Crippen molar-refractivity contribution < 1.29 is 23.1 Å². The van der Waals surface area contributed by atoms with E-state index in [1.807, 2.05) is 0 Å². The Kier molecular flexibility index (Phi) is 3.15. The molecule has 1 aromatic carbocycles. The number of nitriles is 1. The fraction of sp³-hybridized carbons (Fsp3) is 0.0909. The van der Waals surface area contributed by atoms with Gasteiger partial charge in [0.25, 0.3) is 0 Å². The minimum absolute atomic E-state index is 0.0451. The van der Waals surface area contributed by atoms with Crippen LogP contribution < -0.4 is 0 Å². The van der Waals surface area contributed by atoms with Crippen LogP contribution in [-0.4, -0.2) is 26.1 Å². The number of carbonyl (C=O) groups is 1. The van der Waals surface area contributed by atoms with Gasteiger partial charge in [-0.1, -0.05) is 5.21 Å². The van der Waals surface area contributed by atoms with Gasteiger partial charge >= 0.3 is 12.1 Å². The molecule has 2 rings (SSSR count). The molecule has 102 valence electrons. The Balaban J connectivity index is 2.56. The summed E-state index contributed by atoms with van der Waals surface area (Å²) in [5.41, 5.74) is -2.28. The smallest absolute Gasteiger partial charge is 0.436 e. The summed E-state index contributed by atoms with van der Waals surface area (Å²) < 4.78 is 39.1. The molecule has 0 amide bonds. The first-order valence-electron chi connectivity index (χ1n) is 5.11. The number of aromatic carboxylic acids is 1. The molecule has 0 aliphatic heterocycles. The normalized spacial score (nSPS) is 11.1. The van der Waals surface area contributed by atoms with E-state index >= 15 is 0 Å². The third kappa shape index (κ3) is 2.31. The summed E-state index contributed by atoms with van der Waals surface area (Å²) >= 11 is 0. The van der Waals surface area contributed by atoms with Gasteiger partial charge in [-0.15, -0.1) is 5.10 Å². The minimum Gasteiger partial charge on any atom is -0.478 e. The molecule has 0 aliphatic carbocycles. The van der Waals surface area contributed by atoms with Crippen molar-refractivity contribution >= 4 is 5.97 Å². The van der Waals surface area contributed by atoms with Crippen molar-refractivity contribution in [1.29, 1.82) is 5.26 Å². The molecule has 0 radical (unpaired) electrons. The topological polar surface area (TPSA) is 91.8 Å². The minimum atomic E-state index is -4.81. The molecule has 0 atom stereocenters. The molecule has 0 saturated heterocycles. The van der Waals surface area contributed by atoms with Crippen molar-refractivity contribution in [2.45, 2.75) is 6.18 Å². The number of alkyl halides is 3. The van der Waals surface area contributed by atoms with E-state index in [1.54, 1.807) is 0 Å². The highest BCUT2D eigenvalue weighted by atomic mass is 19.4. The summed E-state index contributed by atoms with van der Waals surface area (Å²) in [5, 5.41) is 23.8. The van der Waals surface area contributed by atoms with Crippen LogP contribution in [0.4, 0.5) is 13.2 Å². The Morgan fingerprint density at radius 1 is 1.30 bits per heavy atom. The molecule has 6 nitrogen and oxygen atoms in total. The van der Waals surface area contributed by atoms with E-state index < -0.39 is 23.5 Å². The predicted molar refractivity (Wildman–Crippen MR) is 58.0 cm³/mol. The average molecular weight is 282 g/mol. The number of aromatic nitrogens is 3. The van der Waals surface area contributed by atoms with Crippen molar-refractivity contribution in [1.82, 2.24) is 15.0 Å². The molecule has 0 fully saturated rings. The maximum absolute atomic E-state index is 12.9. The summed E-state index contributed by atoms with van der Waals surface area (Å²) in [5.74, 6) is -1.20. The van der Waals surface area contributed by atoms with E-state index in [9.17, 15) is 18.0 Å². The van der Waals surface area contributed by atoms with Gasteiger partial charge < -0.3 is 5.11 Å². The van der Waals surface area contributed by atoms with E-state index in [1.165, 1.54) is 6.07 Å². The maximum Gasteiger partial charge on any atom is 0.436 e. The van der Waals surface area contributed by atoms with Crippen LogP contribution in [0.25, 0.3) is 5.69 Å². The number of halogens is 3. The van der Waals surface area contributed by atoms with Gasteiger partial charge in [0.05, 0.1) is 11.3 Å². The number of hydrogen-bond acceptors (Lipinski definition) is 4. The lowest BCUT2D eigenvalue weighted by atomic mass is 10.2. The second-order valence-electron chi connectivity index (χ2n) is 3.66. The van der Waals surface area contributed by atoms with Gasteiger partial charge in [-0.25, -0.2) is 9.48 Å². The number of carboxylic acids is 1. The Morgan fingerprint density at radius 3 is 2.35 bits per heavy atom. The highest BCUT2D eigenvalue weighted by molar-refractivity contribution is 5.87. The summed E-state index contributed by atoms with van der Waals surface area (Å²) in [6.07, 6.45) is -4.81. The quantitative estimate of drug-likeness (QED) is 0.907. The molecular formula is C11H5F3N4O2. The van der Waals surface area contributed by atoms with E-state index in [0.29, 0.717) is 4.68 Å². The molecule has 1 aromatic heterocycles. The lowest BCUT2D eigenvalue weighted by molar-refractivity contribution is -0.143. The number of benzene rings is 1. The van der Waals surface area contributed by atoms with Gasteiger partial charge in [-0.3, -0.25) is 0 Å². The summed E-state index contributed by atoms with van der Waals surface area (Å²) in [6.45, 7) is 0. The van der Waals surface area contributed by atoms with Crippen molar-refractivity contribution in [3.8, 4) is 11.8 Å². The van der Waals surface area contributed by atoms with Crippen LogP contribution in [0.2, 0.25) is 0 Å². The Hall–Kier alpha value is -2.89. The fourth-order valence-corrected chi connectivity index (χ4v) is 1.54. The molecule has 1 N–H and O–H groups in total. The van der Waals surface area contributed by atoms with Crippen LogP contribution in [0.1, 0.15) is 21.7 Å². The van der Waals surface area contributed by atoms with Crippen LogP contribution in [0, 0.1) is 11.3 Å². The zero-order chi connectivity index (χ0) is 14.9. The number of rotatable bonds is 2. The van der Waals surface area contributed by atoms with E-state index in [2.05, 4.69) is 10.3 Å². The molecule has 9 heteroatoms. The fourth-order valence-electron chi connectivity index (χ4n) is 1.54. The lowest BCUT2D eigenvalue weighted by Gasteiger charge is -2.09. The van der Waals surface area contributed by atoms with Crippen LogP contribution in [-0.2, 0) is 6.18 Å². The first kappa shape index (κ1) is 13.5. The first-order valence-corrected chi connectivity index (χ1v) is 5.11. The van der Waals surface area contributed by atoms with Gasteiger partial charge in [0.2, 0.25) is 0 Å². The molecule has 0 bridgehead atoms. The third-order valence-electron chi connectivity index (χ3n) is 2.40. The van der Waals surface area contributed by atoms with E-state index in [4.69, 9.17) is 10.4 Å². The van der Waals surface area contributed by atoms with Crippen LogP contribution in [0.15, 0.2) is 24.3 Å². The number of hydrogen-bond donors (Lipinski definition) is 1. The Morgan fingerprint density at radius 2 is 1.90 bits per heavy atom. The van der Waals surface area contributed by atoms with E-state index in [-0.39, 0.29) is 11.3 Å². The summed E-state index contributed by atoms with van der Waals surface area (Å²) in [4.78, 5) is 10.7. The molecule has 0 spiro atoms. The predicted octanol–water partition coefficient (Wildman–Crippen LogP) is 1.86. The third-order valence-corrected chi connectivity index (χ3v) is 2.40. The number of carboxylic acid groups (broad SMARTS) is 1. The van der Waals surface area contributed by atoms with Crippen LogP contribution in [0.3, 0.4) is 0 Å². The molecular weight excluding hydrogens is 277 g/mol. The number of nitrogens with zero attached hydrogens (tertiary/aromatic N) is 4. The summed E-state index contributed by atoms with van der Waals surface area (Å²) in [6, 6.07) is 5.87. The van der Waals surface area contributed by atoms with Crippen molar-refractivity contribution in [3.63, 3.8) is 0 Å². The standard InChI is InChI=1S/C11H5F3N4O2/c12-11(13,14)9-8(5-15)16-17-18(9)7-3-1-6(2-4-7)10(19)20/h1-4H,(H,19,20). The van der Waals surface area contributed by atoms with Gasteiger partial charge in [0.1, 0.15) is 6.07 Å². The zero-order valence-corrected chi connectivity index (χ0v) is 9.59. The van der Waals surface area contributed by atoms with E-state index in [0.717, 1.165) is 24.3 Å². The molecule has 1 heterocycles. The molecule has 0 saturated carbocycles. The molecule has 0 aliphatic rings. The van der Waals surface area contributed by atoms with Gasteiger partial charge in [-0.2, -0.15) is 18.4 Å². The van der Waals surface area contributed by atoms with Crippen molar-refractivity contribution in [2.75, 3.05) is 0 Å². The maximum atomic E-state index is 12.9. The lowest BCUT2D eigenvalue weighted by Crippen LogP contribution is -2.15. The van der Waals surface area contributed by atoms with Gasteiger partial charge in [-0.05, 0) is 24.3 Å². The van der Waals surface area contributed by atoms with Crippen LogP contribution >= 0.6 is 0 Å². The molecule has 20 heavy (non-hydrogen) atoms. The highest BCUT2D eigenvalue weighted by Crippen LogP contribution is 2.32. The highest BCUT2D eigenvalue weighted by Gasteiger charge is 2.40. The van der Waals surface area contributed by atoms with Crippen molar-refractivity contribution in [3.05, 3.63) is 41.2 Å².